The molecule has 1 N–H and O–H groups in total. The van der Waals surface area contributed by atoms with Gasteiger partial charge in [0, 0.05) is 22.9 Å². The minimum atomic E-state index is -0.293. The monoisotopic (exact) mass is 261 g/mol. The molecule has 0 saturated heterocycles. The van der Waals surface area contributed by atoms with Crippen molar-refractivity contribution in [2.75, 3.05) is 12.8 Å². The SMILES string of the molecule is CSC(C)CNC(C)c1ccc(F)cc1Cl. The van der Waals surface area contributed by atoms with Crippen LogP contribution in [0.15, 0.2) is 18.2 Å². The Balaban J connectivity index is 2.62. The van der Waals surface area contributed by atoms with E-state index in [0.717, 1.165) is 12.1 Å². The molecule has 2 unspecified atom stereocenters. The van der Waals surface area contributed by atoms with Crippen molar-refractivity contribution in [1.29, 1.82) is 0 Å². The van der Waals surface area contributed by atoms with E-state index in [9.17, 15) is 4.39 Å². The van der Waals surface area contributed by atoms with E-state index < -0.39 is 0 Å². The molecule has 90 valence electrons. The fourth-order valence-corrected chi connectivity index (χ4v) is 1.98. The molecule has 0 fully saturated rings. The van der Waals surface area contributed by atoms with Crippen LogP contribution in [0.5, 0.6) is 0 Å². The van der Waals surface area contributed by atoms with E-state index in [1.165, 1.54) is 12.1 Å². The van der Waals surface area contributed by atoms with Crippen LogP contribution in [0.1, 0.15) is 25.5 Å². The quantitative estimate of drug-likeness (QED) is 0.863. The molecule has 4 heteroatoms. The van der Waals surface area contributed by atoms with Crippen LogP contribution in [0, 0.1) is 5.82 Å². The first kappa shape index (κ1) is 13.8. The molecule has 1 aromatic rings. The zero-order valence-electron chi connectivity index (χ0n) is 9.76. The number of hydrogen-bond donors (Lipinski definition) is 1. The van der Waals surface area contributed by atoms with Gasteiger partial charge in [-0.2, -0.15) is 11.8 Å². The molecule has 0 heterocycles. The minimum absolute atomic E-state index is 0.141. The number of nitrogens with one attached hydrogen (secondary N) is 1. The summed E-state index contributed by atoms with van der Waals surface area (Å²) in [5.41, 5.74) is 0.941. The Labute approximate surface area is 106 Å². The number of halogens is 2. The van der Waals surface area contributed by atoms with E-state index in [-0.39, 0.29) is 11.9 Å². The molecule has 1 rings (SSSR count). The van der Waals surface area contributed by atoms with Crippen LogP contribution in [-0.4, -0.2) is 18.1 Å². The Kier molecular flexibility index (Phi) is 5.59. The van der Waals surface area contributed by atoms with E-state index in [4.69, 9.17) is 11.6 Å². The van der Waals surface area contributed by atoms with Crippen molar-refractivity contribution in [3.63, 3.8) is 0 Å². The standard InChI is InChI=1S/C12H17ClFNS/c1-8(16-3)7-15-9(2)11-5-4-10(14)6-12(11)13/h4-6,8-9,15H,7H2,1-3H3. The van der Waals surface area contributed by atoms with E-state index in [1.807, 2.05) is 18.7 Å². The van der Waals surface area contributed by atoms with Gasteiger partial charge in [-0.1, -0.05) is 24.6 Å². The average Bonchev–Trinajstić information content (AvgIpc) is 2.25. The van der Waals surface area contributed by atoms with Gasteiger partial charge in [-0.25, -0.2) is 4.39 Å². The third kappa shape index (κ3) is 3.96. The van der Waals surface area contributed by atoms with Crippen molar-refractivity contribution in [2.45, 2.75) is 25.1 Å². The molecule has 0 aromatic heterocycles. The fraction of sp³-hybridized carbons (Fsp3) is 0.500. The molecule has 0 aliphatic carbocycles. The first-order chi connectivity index (χ1) is 7.54. The highest BCUT2D eigenvalue weighted by molar-refractivity contribution is 7.99. The molecule has 0 bridgehead atoms. The smallest absolute Gasteiger partial charge is 0.124 e. The topological polar surface area (TPSA) is 12.0 Å². The molecule has 0 aliphatic rings. The van der Waals surface area contributed by atoms with Gasteiger partial charge in [-0.05, 0) is 30.9 Å². The summed E-state index contributed by atoms with van der Waals surface area (Å²) < 4.78 is 12.9. The molecule has 0 saturated carbocycles. The van der Waals surface area contributed by atoms with Gasteiger partial charge in [-0.15, -0.1) is 0 Å². The normalized spacial score (nSPS) is 14.8. The Hall–Kier alpha value is -0.250. The number of benzene rings is 1. The summed E-state index contributed by atoms with van der Waals surface area (Å²) in [5.74, 6) is -0.293. The van der Waals surface area contributed by atoms with Crippen LogP contribution in [0.25, 0.3) is 0 Å². The van der Waals surface area contributed by atoms with Crippen LogP contribution in [0.4, 0.5) is 4.39 Å². The molecule has 1 aromatic carbocycles. The maximum atomic E-state index is 12.9. The van der Waals surface area contributed by atoms with Gasteiger partial charge in [0.1, 0.15) is 5.82 Å². The van der Waals surface area contributed by atoms with Crippen molar-refractivity contribution in [2.24, 2.45) is 0 Å². The molecular weight excluding hydrogens is 245 g/mol. The summed E-state index contributed by atoms with van der Waals surface area (Å²) in [6.07, 6.45) is 2.09. The van der Waals surface area contributed by atoms with Crippen molar-refractivity contribution in [3.05, 3.63) is 34.6 Å². The average molecular weight is 262 g/mol. The second-order valence-corrected chi connectivity index (χ2v) is 5.53. The van der Waals surface area contributed by atoms with Gasteiger partial charge < -0.3 is 5.32 Å². The molecule has 0 radical (unpaired) electrons. The maximum Gasteiger partial charge on any atom is 0.124 e. The second kappa shape index (κ2) is 6.48. The lowest BCUT2D eigenvalue weighted by Gasteiger charge is -2.18. The predicted molar refractivity (Wildman–Crippen MR) is 70.8 cm³/mol. The Bertz CT molecular complexity index is 346. The molecule has 0 amide bonds. The van der Waals surface area contributed by atoms with Gasteiger partial charge in [0.15, 0.2) is 0 Å². The lowest BCUT2D eigenvalue weighted by Crippen LogP contribution is -2.25. The van der Waals surface area contributed by atoms with Crippen LogP contribution >= 0.6 is 23.4 Å². The van der Waals surface area contributed by atoms with Crippen LogP contribution in [-0.2, 0) is 0 Å². The van der Waals surface area contributed by atoms with Gasteiger partial charge in [0.25, 0.3) is 0 Å². The fourth-order valence-electron chi connectivity index (χ4n) is 1.39. The first-order valence-electron chi connectivity index (χ1n) is 5.25. The highest BCUT2D eigenvalue weighted by atomic mass is 35.5. The minimum Gasteiger partial charge on any atom is -0.309 e. The molecular formula is C12H17ClFNS. The number of rotatable bonds is 5. The highest BCUT2D eigenvalue weighted by Crippen LogP contribution is 2.23. The van der Waals surface area contributed by atoms with Crippen molar-refractivity contribution >= 4 is 23.4 Å². The lowest BCUT2D eigenvalue weighted by atomic mass is 10.1. The number of hydrogen-bond acceptors (Lipinski definition) is 2. The zero-order valence-corrected chi connectivity index (χ0v) is 11.3. The molecule has 1 nitrogen and oxygen atoms in total. The van der Waals surface area contributed by atoms with E-state index in [0.29, 0.717) is 10.3 Å². The molecule has 0 aliphatic heterocycles. The van der Waals surface area contributed by atoms with Gasteiger partial charge in [0.05, 0.1) is 0 Å². The lowest BCUT2D eigenvalue weighted by molar-refractivity contribution is 0.573. The van der Waals surface area contributed by atoms with Crippen LogP contribution in [0.2, 0.25) is 5.02 Å². The predicted octanol–water partition coefficient (Wildman–Crippen LogP) is 3.88. The Morgan fingerprint density at radius 1 is 1.44 bits per heavy atom. The van der Waals surface area contributed by atoms with E-state index >= 15 is 0 Å². The number of thioether (sulfide) groups is 1. The molecule has 16 heavy (non-hydrogen) atoms. The van der Waals surface area contributed by atoms with Crippen molar-refractivity contribution < 1.29 is 4.39 Å². The first-order valence-corrected chi connectivity index (χ1v) is 6.92. The summed E-state index contributed by atoms with van der Waals surface area (Å²) in [4.78, 5) is 0. The van der Waals surface area contributed by atoms with Crippen molar-refractivity contribution in [3.8, 4) is 0 Å². The van der Waals surface area contributed by atoms with Crippen LogP contribution in [0.3, 0.4) is 0 Å². The summed E-state index contributed by atoms with van der Waals surface area (Å²) in [6, 6.07) is 4.67. The summed E-state index contributed by atoms with van der Waals surface area (Å²) >= 11 is 7.80. The van der Waals surface area contributed by atoms with Gasteiger partial charge >= 0.3 is 0 Å². The third-order valence-electron chi connectivity index (χ3n) is 2.54. The van der Waals surface area contributed by atoms with E-state index in [1.54, 1.807) is 6.07 Å². The van der Waals surface area contributed by atoms with Crippen LogP contribution < -0.4 is 5.32 Å². The van der Waals surface area contributed by atoms with Crippen molar-refractivity contribution in [1.82, 2.24) is 5.32 Å². The largest absolute Gasteiger partial charge is 0.309 e. The summed E-state index contributed by atoms with van der Waals surface area (Å²) in [6.45, 7) is 5.11. The zero-order chi connectivity index (χ0) is 12.1. The Morgan fingerprint density at radius 3 is 2.69 bits per heavy atom. The molecule has 0 spiro atoms. The summed E-state index contributed by atoms with van der Waals surface area (Å²) in [5, 5.41) is 4.42. The van der Waals surface area contributed by atoms with Gasteiger partial charge in [-0.3, -0.25) is 0 Å². The second-order valence-electron chi connectivity index (χ2n) is 3.84. The molecule has 2 atom stereocenters. The third-order valence-corrected chi connectivity index (χ3v) is 3.84. The summed E-state index contributed by atoms with van der Waals surface area (Å²) in [7, 11) is 0. The van der Waals surface area contributed by atoms with E-state index in [2.05, 4.69) is 18.5 Å². The Morgan fingerprint density at radius 2 is 2.12 bits per heavy atom. The highest BCUT2D eigenvalue weighted by Gasteiger charge is 2.10. The maximum absolute atomic E-state index is 12.9. The van der Waals surface area contributed by atoms with Gasteiger partial charge in [0.2, 0.25) is 0 Å².